The lowest BCUT2D eigenvalue weighted by Crippen LogP contribution is -2.26. The third kappa shape index (κ3) is 3.46. The Balaban J connectivity index is 1.52. The van der Waals surface area contributed by atoms with E-state index in [1.165, 1.54) is 0 Å². The van der Waals surface area contributed by atoms with E-state index >= 15 is 0 Å². The number of anilines is 1. The van der Waals surface area contributed by atoms with Crippen LogP contribution >= 0.6 is 0 Å². The molecular formula is C23H25N5O2. The summed E-state index contributed by atoms with van der Waals surface area (Å²) in [6.07, 6.45) is 4.84. The summed E-state index contributed by atoms with van der Waals surface area (Å²) in [7, 11) is 1.66. The highest BCUT2D eigenvalue weighted by Crippen LogP contribution is 2.30. The van der Waals surface area contributed by atoms with E-state index in [1.54, 1.807) is 7.11 Å². The van der Waals surface area contributed by atoms with Crippen LogP contribution in [0.2, 0.25) is 0 Å². The number of ether oxygens (including phenoxy) is 2. The molecule has 1 aromatic carbocycles. The molecule has 3 aromatic heterocycles. The number of benzene rings is 1. The summed E-state index contributed by atoms with van der Waals surface area (Å²) in [4.78, 5) is 11.9. The molecule has 1 fully saturated rings. The summed E-state index contributed by atoms with van der Waals surface area (Å²) >= 11 is 0. The minimum Gasteiger partial charge on any atom is -0.491 e. The Hall–Kier alpha value is -3.16. The van der Waals surface area contributed by atoms with Crippen molar-refractivity contribution in [3.63, 3.8) is 0 Å². The molecule has 0 radical (unpaired) electrons. The highest BCUT2D eigenvalue weighted by molar-refractivity contribution is 5.92. The number of pyridine rings is 2. The van der Waals surface area contributed by atoms with Crippen LogP contribution in [0.4, 0.5) is 5.69 Å². The number of hydrogen-bond donors (Lipinski definition) is 1. The highest BCUT2D eigenvalue weighted by atomic mass is 16.5. The molecule has 7 heteroatoms. The van der Waals surface area contributed by atoms with Crippen molar-refractivity contribution in [3.8, 4) is 17.1 Å². The van der Waals surface area contributed by atoms with Crippen LogP contribution in [0, 0.1) is 0 Å². The number of imidazole rings is 1. The van der Waals surface area contributed by atoms with Crippen LogP contribution in [0.1, 0.15) is 6.42 Å². The van der Waals surface area contributed by atoms with E-state index < -0.39 is 0 Å². The van der Waals surface area contributed by atoms with E-state index in [9.17, 15) is 0 Å². The van der Waals surface area contributed by atoms with Gasteiger partial charge in [0.1, 0.15) is 18.0 Å². The van der Waals surface area contributed by atoms with E-state index in [-0.39, 0.29) is 6.04 Å². The predicted molar refractivity (Wildman–Crippen MR) is 118 cm³/mol. The predicted octanol–water partition coefficient (Wildman–Crippen LogP) is 3.11. The third-order valence-electron chi connectivity index (χ3n) is 5.57. The molecule has 1 aliphatic rings. The number of nitrogens with two attached hydrogens (primary N) is 1. The molecule has 7 nitrogen and oxygen atoms in total. The lowest BCUT2D eigenvalue weighted by molar-refractivity contribution is 0.146. The zero-order valence-corrected chi connectivity index (χ0v) is 17.0. The third-order valence-corrected chi connectivity index (χ3v) is 5.57. The first-order chi connectivity index (χ1) is 14.7. The normalized spacial score (nSPS) is 16.6. The van der Waals surface area contributed by atoms with Crippen molar-refractivity contribution in [2.24, 2.45) is 5.73 Å². The van der Waals surface area contributed by atoms with Gasteiger partial charge in [-0.15, -0.1) is 0 Å². The number of methoxy groups -OCH3 is 1. The maximum absolute atomic E-state index is 6.14. The largest absolute Gasteiger partial charge is 0.491 e. The first kappa shape index (κ1) is 18.8. The van der Waals surface area contributed by atoms with Crippen LogP contribution < -0.4 is 15.4 Å². The first-order valence-electron chi connectivity index (χ1n) is 10.2. The molecular weight excluding hydrogens is 378 g/mol. The van der Waals surface area contributed by atoms with Crippen molar-refractivity contribution in [1.82, 2.24) is 14.4 Å². The standard InChI is InChI=1S/C23H25N5O2/c1-29-11-12-30-18-8-10-28-21(14-25-22(28)13-18)19-6-5-16-3-2-4-20(23(16)26-19)27-9-7-17(24)15-27/h2-6,8,10,13-14,17H,7,9,11-12,15,24H2,1H3/t17-/m0/s1. The van der Waals surface area contributed by atoms with Crippen molar-refractivity contribution >= 4 is 22.2 Å². The van der Waals surface area contributed by atoms with Gasteiger partial charge in [0.05, 0.1) is 35.4 Å². The number of hydrogen-bond acceptors (Lipinski definition) is 6. The topological polar surface area (TPSA) is 77.9 Å². The highest BCUT2D eigenvalue weighted by Gasteiger charge is 2.21. The van der Waals surface area contributed by atoms with Gasteiger partial charge in [0.25, 0.3) is 0 Å². The summed E-state index contributed by atoms with van der Waals surface area (Å²) < 4.78 is 12.8. The van der Waals surface area contributed by atoms with Crippen molar-refractivity contribution in [2.75, 3.05) is 38.3 Å². The van der Waals surface area contributed by atoms with Crippen molar-refractivity contribution in [1.29, 1.82) is 0 Å². The SMILES string of the molecule is COCCOc1ccn2c(-c3ccc4cccc(N5CC[C@H](N)C5)c4n3)cnc2c1. The quantitative estimate of drug-likeness (QED) is 0.499. The molecule has 5 rings (SSSR count). The fourth-order valence-electron chi connectivity index (χ4n) is 4.02. The summed E-state index contributed by atoms with van der Waals surface area (Å²) in [5, 5.41) is 1.12. The number of para-hydroxylation sites is 1. The second kappa shape index (κ2) is 7.93. The Morgan fingerprint density at radius 1 is 1.17 bits per heavy atom. The molecule has 1 saturated heterocycles. The molecule has 0 saturated carbocycles. The molecule has 0 amide bonds. The molecule has 4 heterocycles. The molecule has 0 bridgehead atoms. The molecule has 30 heavy (non-hydrogen) atoms. The minimum atomic E-state index is 0.225. The molecule has 154 valence electrons. The summed E-state index contributed by atoms with van der Waals surface area (Å²) in [6.45, 7) is 2.89. The van der Waals surface area contributed by atoms with Gasteiger partial charge >= 0.3 is 0 Å². The summed E-state index contributed by atoms with van der Waals surface area (Å²) in [5.41, 5.74) is 10.9. The lowest BCUT2D eigenvalue weighted by Gasteiger charge is -2.20. The van der Waals surface area contributed by atoms with E-state index in [4.69, 9.17) is 20.2 Å². The van der Waals surface area contributed by atoms with E-state index in [2.05, 4.69) is 34.1 Å². The van der Waals surface area contributed by atoms with Crippen molar-refractivity contribution < 1.29 is 9.47 Å². The Labute approximate surface area is 175 Å². The Morgan fingerprint density at radius 3 is 2.93 bits per heavy atom. The van der Waals surface area contributed by atoms with Gasteiger partial charge in [-0.05, 0) is 24.6 Å². The number of rotatable bonds is 6. The van der Waals surface area contributed by atoms with E-state index in [1.807, 2.05) is 35.0 Å². The van der Waals surface area contributed by atoms with Gasteiger partial charge in [-0.2, -0.15) is 0 Å². The van der Waals surface area contributed by atoms with Crippen LogP contribution in [0.25, 0.3) is 27.9 Å². The van der Waals surface area contributed by atoms with Gasteiger partial charge < -0.3 is 20.1 Å². The average Bonchev–Trinajstić information content (AvgIpc) is 3.39. The summed E-state index contributed by atoms with van der Waals surface area (Å²) in [5.74, 6) is 0.774. The van der Waals surface area contributed by atoms with Gasteiger partial charge in [-0.3, -0.25) is 4.40 Å². The monoisotopic (exact) mass is 403 g/mol. The first-order valence-corrected chi connectivity index (χ1v) is 10.2. The van der Waals surface area contributed by atoms with Crippen molar-refractivity contribution in [2.45, 2.75) is 12.5 Å². The van der Waals surface area contributed by atoms with Crippen LogP contribution in [-0.2, 0) is 4.74 Å². The molecule has 0 aliphatic carbocycles. The summed E-state index contributed by atoms with van der Waals surface area (Å²) in [6, 6.07) is 14.6. The van der Waals surface area contributed by atoms with Crippen LogP contribution in [0.15, 0.2) is 54.9 Å². The second-order valence-electron chi connectivity index (χ2n) is 7.62. The van der Waals surface area contributed by atoms with Crippen LogP contribution in [-0.4, -0.2) is 53.8 Å². The molecule has 2 N–H and O–H groups in total. The number of aromatic nitrogens is 3. The maximum atomic E-state index is 6.14. The smallest absolute Gasteiger partial charge is 0.140 e. The molecule has 1 atom stereocenters. The fraction of sp³-hybridized carbons (Fsp3) is 0.304. The second-order valence-corrected chi connectivity index (χ2v) is 7.62. The average molecular weight is 403 g/mol. The van der Waals surface area contributed by atoms with Gasteiger partial charge in [-0.25, -0.2) is 9.97 Å². The molecule has 0 spiro atoms. The van der Waals surface area contributed by atoms with Gasteiger partial charge in [-0.1, -0.05) is 18.2 Å². The van der Waals surface area contributed by atoms with E-state index in [0.717, 1.165) is 58.9 Å². The zero-order valence-electron chi connectivity index (χ0n) is 17.0. The number of fused-ring (bicyclic) bond motifs is 2. The van der Waals surface area contributed by atoms with Gasteiger partial charge in [0.2, 0.25) is 0 Å². The molecule has 0 unspecified atom stereocenters. The van der Waals surface area contributed by atoms with Crippen LogP contribution in [0.3, 0.4) is 0 Å². The Kier molecular flexibility index (Phi) is 4.98. The van der Waals surface area contributed by atoms with Gasteiger partial charge in [0, 0.05) is 43.9 Å². The van der Waals surface area contributed by atoms with Crippen molar-refractivity contribution in [3.05, 3.63) is 54.9 Å². The van der Waals surface area contributed by atoms with Crippen LogP contribution in [0.5, 0.6) is 5.75 Å². The molecule has 1 aliphatic heterocycles. The maximum Gasteiger partial charge on any atom is 0.140 e. The Morgan fingerprint density at radius 2 is 2.10 bits per heavy atom. The van der Waals surface area contributed by atoms with E-state index in [0.29, 0.717) is 13.2 Å². The minimum absolute atomic E-state index is 0.225. The Bertz CT molecular complexity index is 1190. The zero-order chi connectivity index (χ0) is 20.5. The molecule has 4 aromatic rings. The van der Waals surface area contributed by atoms with Gasteiger partial charge in [0.15, 0.2) is 0 Å². The lowest BCUT2D eigenvalue weighted by atomic mass is 10.1. The fourth-order valence-corrected chi connectivity index (χ4v) is 4.02. The number of nitrogens with zero attached hydrogens (tertiary/aromatic N) is 4.